The fraction of sp³-hybridized carbons (Fsp3) is 0.909. The second-order valence-electron chi connectivity index (χ2n) is 4.82. The van der Waals surface area contributed by atoms with E-state index in [1.54, 1.807) is 0 Å². The van der Waals surface area contributed by atoms with Gasteiger partial charge in [-0.1, -0.05) is 29.8 Å². The van der Waals surface area contributed by atoms with Crippen LogP contribution in [0.3, 0.4) is 0 Å². The molecule has 0 bridgehead atoms. The van der Waals surface area contributed by atoms with Gasteiger partial charge in [0.15, 0.2) is 0 Å². The molecule has 0 aromatic heterocycles. The normalized spacial score (nSPS) is 14.2. The number of hydrogen-bond donors (Lipinski definition) is 1. The molecule has 0 saturated heterocycles. The molecule has 1 N–H and O–H groups in total. The van der Waals surface area contributed by atoms with Gasteiger partial charge in [0.1, 0.15) is 0 Å². The third kappa shape index (κ3) is 6.41. The van der Waals surface area contributed by atoms with Crippen LogP contribution in [0.2, 0.25) is 0 Å². The van der Waals surface area contributed by atoms with Crippen LogP contribution in [0.4, 0.5) is 0 Å². The predicted octanol–water partition coefficient (Wildman–Crippen LogP) is 3.10. The molecule has 2 nitrogen and oxygen atoms in total. The highest BCUT2D eigenvalue weighted by molar-refractivity contribution is 9.10. The minimum atomic E-state index is -0.459. The smallest absolute Gasteiger partial charge is 0.236 e. The number of carbonyl (C=O) groups excluding carboxylic acids is 1. The lowest BCUT2D eigenvalue weighted by Crippen LogP contribution is -2.42. The molecule has 0 aliphatic rings. The summed E-state index contributed by atoms with van der Waals surface area (Å²) in [6.45, 7) is 10.2. The van der Waals surface area contributed by atoms with Crippen molar-refractivity contribution in [3.05, 3.63) is 0 Å². The number of halogens is 1. The molecule has 0 saturated carbocycles. The van der Waals surface area contributed by atoms with Gasteiger partial charge in [-0.15, -0.1) is 0 Å². The predicted molar refractivity (Wildman–Crippen MR) is 64.7 cm³/mol. The Balaban J connectivity index is 3.83. The second kappa shape index (κ2) is 5.74. The highest BCUT2D eigenvalue weighted by Gasteiger charge is 2.24. The van der Waals surface area contributed by atoms with Crippen molar-refractivity contribution in [1.29, 1.82) is 0 Å². The van der Waals surface area contributed by atoms with Gasteiger partial charge in [0, 0.05) is 6.04 Å². The van der Waals surface area contributed by atoms with Crippen LogP contribution >= 0.6 is 15.9 Å². The maximum atomic E-state index is 11.6. The minimum absolute atomic E-state index is 0.0637. The SMILES string of the molecule is CC(C)CCC(C)NC(=O)C(C)(C)Br. The van der Waals surface area contributed by atoms with E-state index in [2.05, 4.69) is 42.0 Å². The summed E-state index contributed by atoms with van der Waals surface area (Å²) in [5.74, 6) is 0.764. The largest absolute Gasteiger partial charge is 0.352 e. The Morgan fingerprint density at radius 2 is 1.79 bits per heavy atom. The Morgan fingerprint density at radius 3 is 2.14 bits per heavy atom. The summed E-state index contributed by atoms with van der Waals surface area (Å²) in [4.78, 5) is 11.6. The van der Waals surface area contributed by atoms with Gasteiger partial charge in [-0.05, 0) is 39.5 Å². The molecule has 0 aromatic carbocycles. The Hall–Kier alpha value is -0.0500. The molecule has 14 heavy (non-hydrogen) atoms. The third-order valence-corrected chi connectivity index (χ3v) is 2.45. The molecule has 0 aliphatic heterocycles. The van der Waals surface area contributed by atoms with Crippen LogP contribution in [0.25, 0.3) is 0 Å². The van der Waals surface area contributed by atoms with Crippen LogP contribution in [0, 0.1) is 5.92 Å². The van der Waals surface area contributed by atoms with Gasteiger partial charge in [0.2, 0.25) is 5.91 Å². The molecule has 0 radical (unpaired) electrons. The van der Waals surface area contributed by atoms with E-state index in [1.807, 2.05) is 13.8 Å². The zero-order valence-corrected chi connectivity index (χ0v) is 11.4. The summed E-state index contributed by atoms with van der Waals surface area (Å²) < 4.78 is -0.459. The molecule has 1 unspecified atom stereocenters. The van der Waals surface area contributed by atoms with Gasteiger partial charge < -0.3 is 5.32 Å². The lowest BCUT2D eigenvalue weighted by atomic mass is 10.0. The first kappa shape index (κ1) is 13.9. The highest BCUT2D eigenvalue weighted by Crippen LogP contribution is 2.16. The van der Waals surface area contributed by atoms with Crippen LogP contribution < -0.4 is 5.32 Å². The first-order chi connectivity index (χ1) is 6.23. The number of nitrogens with one attached hydrogen (secondary N) is 1. The number of hydrogen-bond acceptors (Lipinski definition) is 1. The average molecular weight is 264 g/mol. The van der Waals surface area contributed by atoms with E-state index in [-0.39, 0.29) is 11.9 Å². The minimum Gasteiger partial charge on any atom is -0.352 e. The first-order valence-electron chi connectivity index (χ1n) is 5.23. The van der Waals surface area contributed by atoms with Crippen molar-refractivity contribution in [3.8, 4) is 0 Å². The molecule has 3 heteroatoms. The Kier molecular flexibility index (Phi) is 5.72. The standard InChI is InChI=1S/C11H22BrNO/c1-8(2)6-7-9(3)13-10(14)11(4,5)12/h8-9H,6-7H2,1-5H3,(H,13,14). The first-order valence-corrected chi connectivity index (χ1v) is 6.02. The Bertz CT molecular complexity index is 184. The Morgan fingerprint density at radius 1 is 1.29 bits per heavy atom. The second-order valence-corrected chi connectivity index (χ2v) is 6.80. The van der Waals surface area contributed by atoms with Gasteiger partial charge in [-0.3, -0.25) is 4.79 Å². The van der Waals surface area contributed by atoms with Crippen molar-refractivity contribution in [2.45, 2.75) is 57.8 Å². The van der Waals surface area contributed by atoms with Crippen LogP contribution in [-0.2, 0) is 4.79 Å². The van der Waals surface area contributed by atoms with E-state index < -0.39 is 4.32 Å². The van der Waals surface area contributed by atoms with E-state index in [1.165, 1.54) is 0 Å². The van der Waals surface area contributed by atoms with Crippen LogP contribution in [0.5, 0.6) is 0 Å². The van der Waals surface area contributed by atoms with Crippen LogP contribution in [0.1, 0.15) is 47.5 Å². The Labute approximate surface area is 96.0 Å². The highest BCUT2D eigenvalue weighted by atomic mass is 79.9. The van der Waals surface area contributed by atoms with E-state index in [0.717, 1.165) is 12.8 Å². The van der Waals surface area contributed by atoms with E-state index >= 15 is 0 Å². The molecular formula is C11H22BrNO. The lowest BCUT2D eigenvalue weighted by Gasteiger charge is -2.21. The molecule has 84 valence electrons. The number of rotatable bonds is 5. The van der Waals surface area contributed by atoms with Crippen LogP contribution in [-0.4, -0.2) is 16.3 Å². The van der Waals surface area contributed by atoms with Crippen molar-refractivity contribution in [2.75, 3.05) is 0 Å². The lowest BCUT2D eigenvalue weighted by molar-refractivity contribution is -0.123. The van der Waals surface area contributed by atoms with Crippen molar-refractivity contribution < 1.29 is 4.79 Å². The molecule has 0 heterocycles. The summed E-state index contributed by atoms with van der Waals surface area (Å²) >= 11 is 3.34. The molecular weight excluding hydrogens is 242 g/mol. The average Bonchev–Trinajstić information content (AvgIpc) is 1.99. The zero-order chi connectivity index (χ0) is 11.4. The number of amides is 1. The van der Waals surface area contributed by atoms with Gasteiger partial charge in [0.25, 0.3) is 0 Å². The summed E-state index contributed by atoms with van der Waals surface area (Å²) in [6.07, 6.45) is 2.21. The van der Waals surface area contributed by atoms with Crippen LogP contribution in [0.15, 0.2) is 0 Å². The molecule has 0 aromatic rings. The zero-order valence-electron chi connectivity index (χ0n) is 9.86. The number of alkyl halides is 1. The molecule has 1 amide bonds. The van der Waals surface area contributed by atoms with E-state index in [4.69, 9.17) is 0 Å². The maximum absolute atomic E-state index is 11.6. The van der Waals surface area contributed by atoms with Crippen molar-refractivity contribution in [1.82, 2.24) is 5.32 Å². The third-order valence-electron chi connectivity index (χ3n) is 2.09. The summed E-state index contributed by atoms with van der Waals surface area (Å²) in [6, 6.07) is 0.265. The van der Waals surface area contributed by atoms with E-state index in [0.29, 0.717) is 5.92 Å². The van der Waals surface area contributed by atoms with Gasteiger partial charge >= 0.3 is 0 Å². The topological polar surface area (TPSA) is 29.1 Å². The van der Waals surface area contributed by atoms with Gasteiger partial charge in [0.05, 0.1) is 4.32 Å². The maximum Gasteiger partial charge on any atom is 0.236 e. The monoisotopic (exact) mass is 263 g/mol. The summed E-state index contributed by atoms with van der Waals surface area (Å²) in [5.41, 5.74) is 0. The van der Waals surface area contributed by atoms with Crippen molar-refractivity contribution >= 4 is 21.8 Å². The quantitative estimate of drug-likeness (QED) is 0.759. The summed E-state index contributed by atoms with van der Waals surface area (Å²) in [5, 5.41) is 2.99. The van der Waals surface area contributed by atoms with E-state index in [9.17, 15) is 4.79 Å². The fourth-order valence-electron chi connectivity index (χ4n) is 1.05. The molecule has 0 spiro atoms. The molecule has 0 aliphatic carbocycles. The molecule has 0 fully saturated rings. The van der Waals surface area contributed by atoms with Gasteiger partial charge in [-0.25, -0.2) is 0 Å². The van der Waals surface area contributed by atoms with Crippen molar-refractivity contribution in [3.63, 3.8) is 0 Å². The summed E-state index contributed by atoms with van der Waals surface area (Å²) in [7, 11) is 0. The van der Waals surface area contributed by atoms with Gasteiger partial charge in [-0.2, -0.15) is 0 Å². The van der Waals surface area contributed by atoms with Crippen molar-refractivity contribution in [2.24, 2.45) is 5.92 Å². The molecule has 0 rings (SSSR count). The molecule has 1 atom stereocenters. The fourth-order valence-corrected chi connectivity index (χ4v) is 1.17. The number of carbonyl (C=O) groups is 1.